The molecule has 1 amide bonds. The number of aryl methyl sites for hydroxylation is 1. The van der Waals surface area contributed by atoms with E-state index in [9.17, 15) is 4.79 Å². The normalized spacial score (nSPS) is 11.5. The van der Waals surface area contributed by atoms with E-state index in [2.05, 4.69) is 74.2 Å². The lowest BCUT2D eigenvalue weighted by Gasteiger charge is -2.13. The fraction of sp³-hybridized carbons (Fsp3) is 0.400. The first-order valence-electron chi connectivity index (χ1n) is 10.1. The van der Waals surface area contributed by atoms with Crippen LogP contribution < -0.4 is 5.73 Å². The van der Waals surface area contributed by atoms with Crippen molar-refractivity contribution in [3.63, 3.8) is 0 Å². The molecule has 0 aliphatic carbocycles. The molecule has 2 nitrogen and oxygen atoms in total. The number of benzene rings is 2. The SMILES string of the molecule is CCCCc1ccc(C#Cc2ccc(CC(CC)CCC(N)=O)cc2)cc1. The minimum absolute atomic E-state index is 0.211. The smallest absolute Gasteiger partial charge is 0.217 e. The quantitative estimate of drug-likeness (QED) is 0.608. The third-order valence-electron chi connectivity index (χ3n) is 4.98. The number of nitrogens with two attached hydrogens (primary N) is 1. The van der Waals surface area contributed by atoms with Crippen LogP contribution in [0.1, 0.15) is 68.2 Å². The zero-order chi connectivity index (χ0) is 19.5. The maximum atomic E-state index is 11.0. The van der Waals surface area contributed by atoms with Crippen LogP contribution >= 0.6 is 0 Å². The van der Waals surface area contributed by atoms with Crippen LogP contribution in [0.3, 0.4) is 0 Å². The van der Waals surface area contributed by atoms with Gasteiger partial charge in [-0.1, -0.05) is 62.8 Å². The topological polar surface area (TPSA) is 43.1 Å². The highest BCUT2D eigenvalue weighted by molar-refractivity contribution is 5.73. The van der Waals surface area contributed by atoms with E-state index in [1.165, 1.54) is 24.0 Å². The second-order valence-corrected chi connectivity index (χ2v) is 7.23. The molecule has 0 bridgehead atoms. The molecule has 0 spiro atoms. The van der Waals surface area contributed by atoms with Crippen LogP contribution in [0.2, 0.25) is 0 Å². The minimum Gasteiger partial charge on any atom is -0.370 e. The lowest BCUT2D eigenvalue weighted by molar-refractivity contribution is -0.118. The Hall–Kier alpha value is -2.53. The van der Waals surface area contributed by atoms with Gasteiger partial charge in [-0.25, -0.2) is 0 Å². The van der Waals surface area contributed by atoms with Crippen molar-refractivity contribution in [3.8, 4) is 11.8 Å². The highest BCUT2D eigenvalue weighted by atomic mass is 16.1. The Morgan fingerprint density at radius 3 is 1.96 bits per heavy atom. The summed E-state index contributed by atoms with van der Waals surface area (Å²) in [5.74, 6) is 6.78. The maximum Gasteiger partial charge on any atom is 0.217 e. The van der Waals surface area contributed by atoms with Gasteiger partial charge in [0.25, 0.3) is 0 Å². The van der Waals surface area contributed by atoms with Crippen LogP contribution in [0.5, 0.6) is 0 Å². The van der Waals surface area contributed by atoms with Gasteiger partial charge < -0.3 is 5.73 Å². The lowest BCUT2D eigenvalue weighted by atomic mass is 9.92. The van der Waals surface area contributed by atoms with Crippen molar-refractivity contribution in [1.29, 1.82) is 0 Å². The molecule has 2 rings (SSSR count). The van der Waals surface area contributed by atoms with Crippen LogP contribution in [-0.4, -0.2) is 5.91 Å². The van der Waals surface area contributed by atoms with Crippen LogP contribution in [-0.2, 0) is 17.6 Å². The van der Waals surface area contributed by atoms with Crippen molar-refractivity contribution in [1.82, 2.24) is 0 Å². The Labute approximate surface area is 164 Å². The van der Waals surface area contributed by atoms with E-state index in [0.29, 0.717) is 12.3 Å². The maximum absolute atomic E-state index is 11.0. The van der Waals surface area contributed by atoms with Gasteiger partial charge in [-0.15, -0.1) is 0 Å². The minimum atomic E-state index is -0.211. The van der Waals surface area contributed by atoms with E-state index in [0.717, 1.165) is 36.8 Å². The van der Waals surface area contributed by atoms with Crippen molar-refractivity contribution in [2.24, 2.45) is 11.7 Å². The molecule has 0 aromatic heterocycles. The highest BCUT2D eigenvalue weighted by Gasteiger charge is 2.09. The van der Waals surface area contributed by atoms with Crippen molar-refractivity contribution in [3.05, 3.63) is 70.8 Å². The number of primary amides is 1. The Morgan fingerprint density at radius 1 is 0.926 bits per heavy atom. The van der Waals surface area contributed by atoms with E-state index in [4.69, 9.17) is 5.73 Å². The summed E-state index contributed by atoms with van der Waals surface area (Å²) < 4.78 is 0. The van der Waals surface area contributed by atoms with Crippen molar-refractivity contribution in [2.45, 2.75) is 58.8 Å². The fourth-order valence-electron chi connectivity index (χ4n) is 3.13. The van der Waals surface area contributed by atoms with E-state index in [-0.39, 0.29) is 5.91 Å². The van der Waals surface area contributed by atoms with E-state index in [1.807, 2.05) is 0 Å². The first-order chi connectivity index (χ1) is 13.1. The van der Waals surface area contributed by atoms with Gasteiger partial charge >= 0.3 is 0 Å². The summed E-state index contributed by atoms with van der Waals surface area (Å²) in [6, 6.07) is 17.0. The predicted octanol–water partition coefficient (Wildman–Crippen LogP) is 5.26. The van der Waals surface area contributed by atoms with Crippen LogP contribution in [0, 0.1) is 17.8 Å². The van der Waals surface area contributed by atoms with E-state index in [1.54, 1.807) is 0 Å². The summed E-state index contributed by atoms with van der Waals surface area (Å²) in [6.07, 6.45) is 6.98. The molecular formula is C25H31NO. The largest absolute Gasteiger partial charge is 0.370 e. The van der Waals surface area contributed by atoms with Gasteiger partial charge in [0.2, 0.25) is 5.91 Å². The summed E-state index contributed by atoms with van der Waals surface area (Å²) in [7, 11) is 0. The molecule has 2 aromatic rings. The number of amides is 1. The summed E-state index contributed by atoms with van der Waals surface area (Å²) in [5, 5.41) is 0. The summed E-state index contributed by atoms with van der Waals surface area (Å²) >= 11 is 0. The molecule has 142 valence electrons. The molecule has 0 fully saturated rings. The number of hydrogen-bond donors (Lipinski definition) is 1. The Bertz CT molecular complexity index is 763. The molecule has 0 radical (unpaired) electrons. The number of unbranched alkanes of at least 4 members (excludes halogenated alkanes) is 1. The first-order valence-corrected chi connectivity index (χ1v) is 10.1. The van der Waals surface area contributed by atoms with Gasteiger partial charge in [-0.05, 0) is 67.0 Å². The Balaban J connectivity index is 1.93. The molecule has 0 heterocycles. The van der Waals surface area contributed by atoms with Gasteiger partial charge in [-0.3, -0.25) is 4.79 Å². The first kappa shape index (κ1) is 20.8. The summed E-state index contributed by atoms with van der Waals surface area (Å²) in [4.78, 5) is 11.0. The number of carbonyl (C=O) groups is 1. The van der Waals surface area contributed by atoms with E-state index >= 15 is 0 Å². The second-order valence-electron chi connectivity index (χ2n) is 7.23. The van der Waals surface area contributed by atoms with Crippen LogP contribution in [0.15, 0.2) is 48.5 Å². The monoisotopic (exact) mass is 361 g/mol. The number of carbonyl (C=O) groups excluding carboxylic acids is 1. The Morgan fingerprint density at radius 2 is 1.48 bits per heavy atom. The zero-order valence-electron chi connectivity index (χ0n) is 16.6. The van der Waals surface area contributed by atoms with E-state index < -0.39 is 0 Å². The summed E-state index contributed by atoms with van der Waals surface area (Å²) in [5.41, 5.74) is 10.0. The molecular weight excluding hydrogens is 330 g/mol. The van der Waals surface area contributed by atoms with Crippen molar-refractivity contribution >= 4 is 5.91 Å². The molecule has 2 heteroatoms. The molecule has 1 unspecified atom stereocenters. The predicted molar refractivity (Wildman–Crippen MR) is 113 cm³/mol. The van der Waals surface area contributed by atoms with Gasteiger partial charge in [0, 0.05) is 17.5 Å². The lowest BCUT2D eigenvalue weighted by Crippen LogP contribution is -2.13. The molecule has 27 heavy (non-hydrogen) atoms. The molecule has 2 aromatic carbocycles. The molecule has 0 aliphatic rings. The standard InChI is InChI=1S/C25H31NO/c1-3-5-6-21-7-9-22(10-8-21)11-12-23-13-15-24(16-14-23)19-20(4-2)17-18-25(26)27/h7-10,13-16,20H,3-6,17-19H2,1-2H3,(H2,26,27). The van der Waals surface area contributed by atoms with Gasteiger partial charge in [-0.2, -0.15) is 0 Å². The van der Waals surface area contributed by atoms with Gasteiger partial charge in [0.15, 0.2) is 0 Å². The van der Waals surface area contributed by atoms with Crippen LogP contribution in [0.25, 0.3) is 0 Å². The van der Waals surface area contributed by atoms with Gasteiger partial charge in [0.1, 0.15) is 0 Å². The third-order valence-corrected chi connectivity index (χ3v) is 4.98. The highest BCUT2D eigenvalue weighted by Crippen LogP contribution is 2.18. The second kappa shape index (κ2) is 11.2. The molecule has 2 N–H and O–H groups in total. The van der Waals surface area contributed by atoms with Crippen LogP contribution in [0.4, 0.5) is 0 Å². The zero-order valence-corrected chi connectivity index (χ0v) is 16.6. The average Bonchev–Trinajstić information content (AvgIpc) is 2.69. The molecule has 0 aliphatic heterocycles. The third kappa shape index (κ3) is 7.71. The fourth-order valence-corrected chi connectivity index (χ4v) is 3.13. The molecule has 1 atom stereocenters. The van der Waals surface area contributed by atoms with Crippen molar-refractivity contribution < 1.29 is 4.79 Å². The number of hydrogen-bond acceptors (Lipinski definition) is 1. The average molecular weight is 362 g/mol. The van der Waals surface area contributed by atoms with Gasteiger partial charge in [0.05, 0.1) is 0 Å². The molecule has 0 saturated heterocycles. The molecule has 0 saturated carbocycles. The van der Waals surface area contributed by atoms with Crippen molar-refractivity contribution in [2.75, 3.05) is 0 Å². The number of rotatable bonds is 9. The Kier molecular flexibility index (Phi) is 8.65. The summed E-state index contributed by atoms with van der Waals surface area (Å²) in [6.45, 7) is 4.38.